The van der Waals surface area contributed by atoms with Gasteiger partial charge in [-0.05, 0) is 49.7 Å². The van der Waals surface area contributed by atoms with Gasteiger partial charge in [0.1, 0.15) is 5.58 Å². The average molecular weight is 396 g/mol. The highest BCUT2D eigenvalue weighted by atomic mass is 35.5. The van der Waals surface area contributed by atoms with Gasteiger partial charge in [-0.3, -0.25) is 0 Å². The zero-order valence-corrected chi connectivity index (χ0v) is 16.7. The molecule has 1 unspecified atom stereocenters. The molecule has 6 heteroatoms. The Morgan fingerprint density at radius 3 is 2.61 bits per heavy atom. The lowest BCUT2D eigenvalue weighted by molar-refractivity contribution is 0.559. The molecule has 4 rings (SSSR count). The van der Waals surface area contributed by atoms with Gasteiger partial charge in [-0.2, -0.15) is 5.10 Å². The summed E-state index contributed by atoms with van der Waals surface area (Å²) in [6.07, 6.45) is 0.620. The zero-order valence-electron chi connectivity index (χ0n) is 15.9. The van der Waals surface area contributed by atoms with Crippen LogP contribution in [0.5, 0.6) is 0 Å². The fourth-order valence-corrected chi connectivity index (χ4v) is 3.71. The maximum Gasteiger partial charge on any atom is 0.345 e. The number of nitrogens with one attached hydrogen (secondary N) is 1. The molecule has 0 aliphatic carbocycles. The van der Waals surface area contributed by atoms with Crippen LogP contribution in [-0.2, 0) is 0 Å². The van der Waals surface area contributed by atoms with Crippen molar-refractivity contribution in [3.05, 3.63) is 75.1 Å². The topological polar surface area (TPSA) is 57.8 Å². The molecule has 0 spiro atoms. The van der Waals surface area contributed by atoms with Crippen molar-refractivity contribution in [1.82, 2.24) is 5.43 Å². The summed E-state index contributed by atoms with van der Waals surface area (Å²) in [5, 5.41) is 5.98. The minimum absolute atomic E-state index is 0.0207. The normalized spacial score (nSPS) is 16.1. The molecular weight excluding hydrogens is 374 g/mol. The summed E-state index contributed by atoms with van der Waals surface area (Å²) in [5.41, 5.74) is 6.70. The highest BCUT2D eigenvalue weighted by Crippen LogP contribution is 2.27. The second-order valence-corrected chi connectivity index (χ2v) is 7.27. The predicted molar refractivity (Wildman–Crippen MR) is 115 cm³/mol. The van der Waals surface area contributed by atoms with E-state index in [1.165, 1.54) is 0 Å². The molecule has 3 aromatic rings. The van der Waals surface area contributed by atoms with Crippen LogP contribution in [-0.4, -0.2) is 18.8 Å². The van der Waals surface area contributed by atoms with E-state index in [4.69, 9.17) is 16.0 Å². The molecule has 0 bridgehead atoms. The van der Waals surface area contributed by atoms with E-state index in [-0.39, 0.29) is 11.7 Å². The Morgan fingerprint density at radius 1 is 1.14 bits per heavy atom. The van der Waals surface area contributed by atoms with Crippen molar-refractivity contribution in [2.24, 2.45) is 5.10 Å². The molecule has 0 saturated carbocycles. The first kappa shape index (κ1) is 18.6. The van der Waals surface area contributed by atoms with Gasteiger partial charge in [-0.1, -0.05) is 23.7 Å². The Morgan fingerprint density at radius 2 is 1.89 bits per heavy atom. The molecular formula is C22H22ClN3O2. The summed E-state index contributed by atoms with van der Waals surface area (Å²) in [6, 6.07) is 15.5. The lowest BCUT2D eigenvalue weighted by Gasteiger charge is -2.21. The van der Waals surface area contributed by atoms with E-state index in [0.717, 1.165) is 29.7 Å². The molecule has 28 heavy (non-hydrogen) atoms. The molecule has 1 N–H and O–H groups in total. The number of halogens is 1. The molecule has 0 saturated heterocycles. The van der Waals surface area contributed by atoms with Gasteiger partial charge >= 0.3 is 5.63 Å². The van der Waals surface area contributed by atoms with Gasteiger partial charge < -0.3 is 14.7 Å². The van der Waals surface area contributed by atoms with Crippen LogP contribution in [0.4, 0.5) is 5.69 Å². The molecule has 1 aliphatic rings. The molecule has 144 valence electrons. The van der Waals surface area contributed by atoms with E-state index in [9.17, 15) is 4.79 Å². The van der Waals surface area contributed by atoms with Crippen LogP contribution >= 0.6 is 11.6 Å². The number of benzene rings is 2. The van der Waals surface area contributed by atoms with Gasteiger partial charge in [0.05, 0.1) is 17.3 Å². The Kier molecular flexibility index (Phi) is 5.09. The third-order valence-electron chi connectivity index (χ3n) is 5.18. The van der Waals surface area contributed by atoms with Crippen molar-refractivity contribution in [3.63, 3.8) is 0 Å². The van der Waals surface area contributed by atoms with E-state index >= 15 is 0 Å². The van der Waals surface area contributed by atoms with Crippen molar-refractivity contribution >= 4 is 34.0 Å². The summed E-state index contributed by atoms with van der Waals surface area (Å²) in [6.45, 7) is 6.02. The third kappa shape index (κ3) is 3.50. The van der Waals surface area contributed by atoms with Crippen molar-refractivity contribution in [2.45, 2.75) is 26.3 Å². The molecule has 0 amide bonds. The van der Waals surface area contributed by atoms with Gasteiger partial charge in [0.15, 0.2) is 0 Å². The lowest BCUT2D eigenvalue weighted by Crippen LogP contribution is -2.21. The number of nitrogens with zero attached hydrogens (tertiary/aromatic N) is 2. The summed E-state index contributed by atoms with van der Waals surface area (Å²) < 4.78 is 5.63. The molecule has 1 aliphatic heterocycles. The summed E-state index contributed by atoms with van der Waals surface area (Å²) in [7, 11) is 0. The van der Waals surface area contributed by atoms with Crippen LogP contribution in [0, 0.1) is 0 Å². The number of rotatable bonds is 5. The third-order valence-corrected chi connectivity index (χ3v) is 5.44. The SMILES string of the molecule is CCN(CC)c1ccc2cc(C3=NNC(c4ccc(Cl)cc4)C3)c(=O)oc2c1. The minimum Gasteiger partial charge on any atom is -0.422 e. The number of hydrogen-bond donors (Lipinski definition) is 1. The van der Waals surface area contributed by atoms with Crippen molar-refractivity contribution in [2.75, 3.05) is 18.0 Å². The Hall–Kier alpha value is -2.79. The first-order chi connectivity index (χ1) is 13.6. The van der Waals surface area contributed by atoms with Crippen LogP contribution < -0.4 is 16.0 Å². The molecule has 1 atom stereocenters. The van der Waals surface area contributed by atoms with E-state index in [2.05, 4.69) is 35.3 Å². The Labute approximate surface area is 168 Å². The van der Waals surface area contributed by atoms with Crippen molar-refractivity contribution in [1.29, 1.82) is 0 Å². The largest absolute Gasteiger partial charge is 0.422 e. The van der Waals surface area contributed by atoms with Gasteiger partial charge in [0.25, 0.3) is 0 Å². The summed E-state index contributed by atoms with van der Waals surface area (Å²) >= 11 is 5.96. The lowest BCUT2D eigenvalue weighted by atomic mass is 9.99. The monoisotopic (exact) mass is 395 g/mol. The van der Waals surface area contributed by atoms with Crippen LogP contribution in [0.15, 0.2) is 62.8 Å². The number of anilines is 1. The van der Waals surface area contributed by atoms with E-state index in [1.54, 1.807) is 0 Å². The highest BCUT2D eigenvalue weighted by Gasteiger charge is 2.24. The number of hydrazone groups is 1. The molecule has 0 radical (unpaired) electrons. The van der Waals surface area contributed by atoms with Crippen LogP contribution in [0.25, 0.3) is 11.0 Å². The molecule has 2 heterocycles. The second kappa shape index (κ2) is 7.68. The molecule has 0 fully saturated rings. The Bertz CT molecular complexity index is 1090. The summed E-state index contributed by atoms with van der Waals surface area (Å²) in [5.74, 6) is 0. The fraction of sp³-hybridized carbons (Fsp3) is 0.273. The standard InChI is InChI=1S/C22H22ClN3O2/c1-3-26(4-2)17-10-7-15-11-18(22(27)28-21(15)12-17)20-13-19(24-25-20)14-5-8-16(23)9-6-14/h5-12,19,24H,3-4,13H2,1-2H3. The Balaban J connectivity index is 1.62. The first-order valence-electron chi connectivity index (χ1n) is 9.49. The summed E-state index contributed by atoms with van der Waals surface area (Å²) in [4.78, 5) is 14.8. The van der Waals surface area contributed by atoms with Gasteiger partial charge in [-0.15, -0.1) is 0 Å². The predicted octanol–water partition coefficient (Wildman–Crippen LogP) is 4.73. The van der Waals surface area contributed by atoms with E-state index in [1.807, 2.05) is 42.5 Å². The van der Waals surface area contributed by atoms with Crippen molar-refractivity contribution < 1.29 is 4.42 Å². The fourth-order valence-electron chi connectivity index (χ4n) is 3.58. The molecule has 2 aromatic carbocycles. The maximum atomic E-state index is 12.6. The maximum absolute atomic E-state index is 12.6. The number of fused-ring (bicyclic) bond motifs is 1. The molecule has 5 nitrogen and oxygen atoms in total. The number of hydrogen-bond acceptors (Lipinski definition) is 5. The van der Waals surface area contributed by atoms with E-state index < -0.39 is 0 Å². The zero-order chi connectivity index (χ0) is 19.7. The minimum atomic E-state index is -0.360. The van der Waals surface area contributed by atoms with Crippen molar-refractivity contribution in [3.8, 4) is 0 Å². The average Bonchev–Trinajstić information content (AvgIpc) is 3.19. The van der Waals surface area contributed by atoms with E-state index in [0.29, 0.717) is 28.3 Å². The smallest absolute Gasteiger partial charge is 0.345 e. The van der Waals surface area contributed by atoms with Gasteiger partial charge in [0, 0.05) is 41.7 Å². The van der Waals surface area contributed by atoms with Crippen LogP contribution in [0.1, 0.15) is 37.4 Å². The first-order valence-corrected chi connectivity index (χ1v) is 9.87. The highest BCUT2D eigenvalue weighted by molar-refractivity contribution is 6.30. The van der Waals surface area contributed by atoms with Crippen LogP contribution in [0.2, 0.25) is 5.02 Å². The van der Waals surface area contributed by atoms with Gasteiger partial charge in [-0.25, -0.2) is 4.79 Å². The van der Waals surface area contributed by atoms with Gasteiger partial charge in [0.2, 0.25) is 0 Å². The quantitative estimate of drug-likeness (QED) is 0.634. The van der Waals surface area contributed by atoms with Crippen LogP contribution in [0.3, 0.4) is 0 Å². The molecule has 1 aromatic heterocycles. The second-order valence-electron chi connectivity index (χ2n) is 6.84.